The van der Waals surface area contributed by atoms with Crippen LogP contribution in [0.4, 0.5) is 10.1 Å². The lowest BCUT2D eigenvalue weighted by atomic mass is 10.1. The van der Waals surface area contributed by atoms with Crippen molar-refractivity contribution in [2.75, 3.05) is 19.0 Å². The molecule has 0 saturated carbocycles. The molecule has 0 heterocycles. The Labute approximate surface area is 139 Å². The number of methoxy groups -OCH3 is 1. The fraction of sp³-hybridized carbons (Fsp3) is 0.200. The summed E-state index contributed by atoms with van der Waals surface area (Å²) in [5.41, 5.74) is 7.59. The first-order valence-electron chi connectivity index (χ1n) is 6.30. The molecule has 3 N–H and O–H groups in total. The maximum atomic E-state index is 13.3. The number of anilines is 1. The molecule has 0 spiro atoms. The summed E-state index contributed by atoms with van der Waals surface area (Å²) in [4.78, 5) is 0. The average Bonchev–Trinajstić information content (AvgIpc) is 2.48. The Hall–Kier alpha value is -1.11. The van der Waals surface area contributed by atoms with Crippen molar-refractivity contribution in [1.82, 2.24) is 0 Å². The number of benzene rings is 2. The SMILES string of the molecule is COc1ccc(Br)cc1C(CN)Nc1ccc(F)c(Br)c1. The molecule has 2 rings (SSSR count). The van der Waals surface area contributed by atoms with E-state index in [9.17, 15) is 4.39 Å². The molecule has 2 aromatic carbocycles. The molecule has 21 heavy (non-hydrogen) atoms. The summed E-state index contributed by atoms with van der Waals surface area (Å²) in [6.45, 7) is 0.377. The molecule has 0 amide bonds. The Kier molecular flexibility index (Phi) is 5.61. The molecule has 0 fully saturated rings. The number of nitrogens with two attached hydrogens (primary N) is 1. The van der Waals surface area contributed by atoms with Crippen LogP contribution < -0.4 is 15.8 Å². The minimum Gasteiger partial charge on any atom is -0.496 e. The quantitative estimate of drug-likeness (QED) is 0.754. The summed E-state index contributed by atoms with van der Waals surface area (Å²) in [6.07, 6.45) is 0. The van der Waals surface area contributed by atoms with Crippen LogP contribution >= 0.6 is 31.9 Å². The minimum atomic E-state index is -0.301. The van der Waals surface area contributed by atoms with E-state index in [0.29, 0.717) is 11.0 Å². The molecule has 6 heteroatoms. The van der Waals surface area contributed by atoms with Gasteiger partial charge < -0.3 is 15.8 Å². The van der Waals surface area contributed by atoms with Gasteiger partial charge in [0.2, 0.25) is 0 Å². The fourth-order valence-corrected chi connectivity index (χ4v) is 2.79. The zero-order chi connectivity index (χ0) is 15.4. The van der Waals surface area contributed by atoms with E-state index < -0.39 is 0 Å². The van der Waals surface area contributed by atoms with Crippen LogP contribution in [0.1, 0.15) is 11.6 Å². The fourth-order valence-electron chi connectivity index (χ4n) is 2.03. The van der Waals surface area contributed by atoms with Crippen LogP contribution in [0.15, 0.2) is 45.3 Å². The summed E-state index contributed by atoms with van der Waals surface area (Å²) in [7, 11) is 1.62. The predicted octanol–water partition coefficient (Wildman–Crippen LogP) is 4.47. The maximum absolute atomic E-state index is 13.3. The van der Waals surface area contributed by atoms with Gasteiger partial charge in [0.25, 0.3) is 0 Å². The molecular formula is C15H15Br2FN2O. The lowest BCUT2D eigenvalue weighted by Crippen LogP contribution is -2.21. The van der Waals surface area contributed by atoms with Crippen LogP contribution in [-0.2, 0) is 0 Å². The number of nitrogens with one attached hydrogen (secondary N) is 1. The molecule has 0 bridgehead atoms. The van der Waals surface area contributed by atoms with Gasteiger partial charge in [0.15, 0.2) is 0 Å². The van der Waals surface area contributed by atoms with E-state index in [-0.39, 0.29) is 11.9 Å². The molecule has 1 unspecified atom stereocenters. The van der Waals surface area contributed by atoms with Gasteiger partial charge in [-0.05, 0) is 52.3 Å². The minimum absolute atomic E-state index is 0.144. The van der Waals surface area contributed by atoms with Crippen molar-refractivity contribution >= 4 is 37.5 Å². The number of hydrogen-bond acceptors (Lipinski definition) is 3. The summed E-state index contributed by atoms with van der Waals surface area (Å²) in [6, 6.07) is 10.4. The highest BCUT2D eigenvalue weighted by Crippen LogP contribution is 2.31. The van der Waals surface area contributed by atoms with Gasteiger partial charge in [-0.25, -0.2) is 4.39 Å². The lowest BCUT2D eigenvalue weighted by Gasteiger charge is -2.21. The van der Waals surface area contributed by atoms with Gasteiger partial charge in [-0.3, -0.25) is 0 Å². The molecule has 1 atom stereocenters. The molecule has 0 aliphatic rings. The molecule has 112 valence electrons. The maximum Gasteiger partial charge on any atom is 0.137 e. The first kappa shape index (κ1) is 16.3. The molecule has 0 aliphatic heterocycles. The molecule has 0 radical (unpaired) electrons. The van der Waals surface area contributed by atoms with Crippen LogP contribution in [0.2, 0.25) is 0 Å². The summed E-state index contributed by atoms with van der Waals surface area (Å²) in [5, 5.41) is 3.29. The normalized spacial score (nSPS) is 12.0. The standard InChI is InChI=1S/C15H15Br2FN2O/c1-21-15-5-2-9(16)6-11(15)14(8-19)20-10-3-4-13(18)12(17)7-10/h2-7,14,20H,8,19H2,1H3. The highest BCUT2D eigenvalue weighted by molar-refractivity contribution is 9.10. The molecule has 0 saturated heterocycles. The summed E-state index contributed by atoms with van der Waals surface area (Å²) >= 11 is 6.62. The van der Waals surface area contributed by atoms with Crippen LogP contribution in [0.5, 0.6) is 5.75 Å². The highest BCUT2D eigenvalue weighted by atomic mass is 79.9. The molecular weight excluding hydrogens is 403 g/mol. The van der Waals surface area contributed by atoms with E-state index >= 15 is 0 Å². The number of ether oxygens (including phenoxy) is 1. The Morgan fingerprint density at radius 3 is 2.62 bits per heavy atom. The monoisotopic (exact) mass is 416 g/mol. The van der Waals surface area contributed by atoms with Crippen molar-refractivity contribution in [2.45, 2.75) is 6.04 Å². The van der Waals surface area contributed by atoms with E-state index in [1.54, 1.807) is 19.2 Å². The highest BCUT2D eigenvalue weighted by Gasteiger charge is 2.15. The third-order valence-electron chi connectivity index (χ3n) is 3.06. The smallest absolute Gasteiger partial charge is 0.137 e. The Balaban J connectivity index is 2.31. The van der Waals surface area contributed by atoms with Crippen LogP contribution in [-0.4, -0.2) is 13.7 Å². The molecule has 2 aromatic rings. The predicted molar refractivity (Wildman–Crippen MR) is 90.2 cm³/mol. The van der Waals surface area contributed by atoms with E-state index in [1.165, 1.54) is 6.07 Å². The van der Waals surface area contributed by atoms with Gasteiger partial charge in [0.05, 0.1) is 17.6 Å². The van der Waals surface area contributed by atoms with Gasteiger partial charge in [-0.1, -0.05) is 15.9 Å². The van der Waals surface area contributed by atoms with Gasteiger partial charge in [-0.15, -0.1) is 0 Å². The molecule has 0 aromatic heterocycles. The van der Waals surface area contributed by atoms with Crippen LogP contribution in [0.25, 0.3) is 0 Å². The lowest BCUT2D eigenvalue weighted by molar-refractivity contribution is 0.407. The largest absolute Gasteiger partial charge is 0.496 e. The molecule has 3 nitrogen and oxygen atoms in total. The second kappa shape index (κ2) is 7.24. The van der Waals surface area contributed by atoms with Crippen LogP contribution in [0, 0.1) is 5.82 Å². The van der Waals surface area contributed by atoms with Crippen molar-refractivity contribution in [3.05, 3.63) is 56.7 Å². The number of rotatable bonds is 5. The van der Waals surface area contributed by atoms with Crippen molar-refractivity contribution in [2.24, 2.45) is 5.73 Å². The topological polar surface area (TPSA) is 47.3 Å². The van der Waals surface area contributed by atoms with E-state index in [1.807, 2.05) is 18.2 Å². The van der Waals surface area contributed by atoms with Crippen molar-refractivity contribution in [1.29, 1.82) is 0 Å². The third kappa shape index (κ3) is 3.96. The third-order valence-corrected chi connectivity index (χ3v) is 4.16. The zero-order valence-electron chi connectivity index (χ0n) is 11.4. The molecule has 0 aliphatic carbocycles. The van der Waals surface area contributed by atoms with Crippen molar-refractivity contribution in [3.8, 4) is 5.75 Å². The first-order chi connectivity index (χ1) is 10.0. The second-order valence-electron chi connectivity index (χ2n) is 4.45. The van der Waals surface area contributed by atoms with Crippen molar-refractivity contribution in [3.63, 3.8) is 0 Å². The van der Waals surface area contributed by atoms with Gasteiger partial charge in [0.1, 0.15) is 11.6 Å². The second-order valence-corrected chi connectivity index (χ2v) is 6.22. The van der Waals surface area contributed by atoms with E-state index in [0.717, 1.165) is 21.5 Å². The first-order valence-corrected chi connectivity index (χ1v) is 7.89. The summed E-state index contributed by atoms with van der Waals surface area (Å²) in [5.74, 6) is 0.451. The zero-order valence-corrected chi connectivity index (χ0v) is 14.5. The Morgan fingerprint density at radius 2 is 2.00 bits per heavy atom. The van der Waals surface area contributed by atoms with Gasteiger partial charge in [0, 0.05) is 22.3 Å². The van der Waals surface area contributed by atoms with Gasteiger partial charge >= 0.3 is 0 Å². The van der Waals surface area contributed by atoms with E-state index in [2.05, 4.69) is 37.2 Å². The van der Waals surface area contributed by atoms with Crippen LogP contribution in [0.3, 0.4) is 0 Å². The van der Waals surface area contributed by atoms with Gasteiger partial charge in [-0.2, -0.15) is 0 Å². The number of halogens is 3. The summed E-state index contributed by atoms with van der Waals surface area (Å²) < 4.78 is 20.0. The Morgan fingerprint density at radius 1 is 1.24 bits per heavy atom. The van der Waals surface area contributed by atoms with E-state index in [4.69, 9.17) is 10.5 Å². The average molecular weight is 418 g/mol. The number of hydrogen-bond donors (Lipinski definition) is 2. The Bertz CT molecular complexity index is 637. The van der Waals surface area contributed by atoms with Crippen molar-refractivity contribution < 1.29 is 9.13 Å².